The molecule has 3 rings (SSSR count). The Morgan fingerprint density at radius 3 is 2.58 bits per heavy atom. The Morgan fingerprint density at radius 2 is 1.92 bits per heavy atom. The number of nitrogens with one attached hydrogen (secondary N) is 1. The molecular formula is C21H27N3O2. The third kappa shape index (κ3) is 3.47. The molecule has 138 valence electrons. The number of rotatable bonds is 5. The second-order valence-electron chi connectivity index (χ2n) is 6.59. The summed E-state index contributed by atoms with van der Waals surface area (Å²) < 4.78 is 5.70. The molecule has 5 nitrogen and oxygen atoms in total. The summed E-state index contributed by atoms with van der Waals surface area (Å²) in [5.41, 5.74) is 10.7. The van der Waals surface area contributed by atoms with Crippen molar-refractivity contribution in [2.75, 3.05) is 29.1 Å². The van der Waals surface area contributed by atoms with Gasteiger partial charge in [-0.25, -0.2) is 0 Å². The normalized spacial score (nSPS) is 14.3. The number of anilines is 3. The average Bonchev–Trinajstić information content (AvgIpc) is 2.66. The van der Waals surface area contributed by atoms with Gasteiger partial charge in [-0.1, -0.05) is 32.0 Å². The highest BCUT2D eigenvalue weighted by Gasteiger charge is 2.27. The summed E-state index contributed by atoms with van der Waals surface area (Å²) >= 11 is 0. The summed E-state index contributed by atoms with van der Waals surface area (Å²) in [6, 6.07) is 11.5. The second kappa shape index (κ2) is 7.68. The first-order valence-corrected chi connectivity index (χ1v) is 9.25. The molecule has 3 N–H and O–H groups in total. The SMILES string of the molecule is CCc1cccc(CC)c1NC(=O)C(C)N1CCOc2cc(N)ccc21. The molecule has 2 aromatic rings. The van der Waals surface area contributed by atoms with Gasteiger partial charge in [-0.3, -0.25) is 4.79 Å². The molecule has 1 heterocycles. The summed E-state index contributed by atoms with van der Waals surface area (Å²) in [5.74, 6) is 0.726. The Balaban J connectivity index is 1.84. The van der Waals surface area contributed by atoms with Crippen molar-refractivity contribution < 1.29 is 9.53 Å². The predicted molar refractivity (Wildman–Crippen MR) is 107 cm³/mol. The smallest absolute Gasteiger partial charge is 0.246 e. The van der Waals surface area contributed by atoms with Crippen LogP contribution in [0.25, 0.3) is 0 Å². The zero-order chi connectivity index (χ0) is 18.7. The van der Waals surface area contributed by atoms with Crippen LogP contribution in [0.5, 0.6) is 5.75 Å². The number of hydrogen-bond donors (Lipinski definition) is 2. The van der Waals surface area contributed by atoms with Crippen molar-refractivity contribution >= 4 is 23.0 Å². The van der Waals surface area contributed by atoms with Crippen LogP contribution in [0, 0.1) is 0 Å². The monoisotopic (exact) mass is 353 g/mol. The van der Waals surface area contributed by atoms with Crippen LogP contribution in [0.15, 0.2) is 36.4 Å². The van der Waals surface area contributed by atoms with Gasteiger partial charge in [-0.15, -0.1) is 0 Å². The molecule has 1 amide bonds. The second-order valence-corrected chi connectivity index (χ2v) is 6.59. The molecule has 0 saturated carbocycles. The van der Waals surface area contributed by atoms with Crippen LogP contribution in [0.4, 0.5) is 17.1 Å². The molecule has 5 heteroatoms. The lowest BCUT2D eigenvalue weighted by Crippen LogP contribution is -2.46. The molecule has 1 atom stereocenters. The van der Waals surface area contributed by atoms with Crippen molar-refractivity contribution in [1.29, 1.82) is 0 Å². The molecule has 0 radical (unpaired) electrons. The van der Waals surface area contributed by atoms with Crippen LogP contribution < -0.4 is 20.7 Å². The predicted octanol–water partition coefficient (Wildman–Crippen LogP) is 3.62. The van der Waals surface area contributed by atoms with Gasteiger partial charge < -0.3 is 20.7 Å². The van der Waals surface area contributed by atoms with E-state index in [0.29, 0.717) is 18.8 Å². The van der Waals surface area contributed by atoms with Gasteiger partial charge in [0.15, 0.2) is 0 Å². The molecule has 0 saturated heterocycles. The standard InChI is InChI=1S/C21H27N3O2/c1-4-15-7-6-8-16(5-2)20(15)23-21(25)14(3)24-11-12-26-19-13-17(22)9-10-18(19)24/h6-10,13-14H,4-5,11-12,22H2,1-3H3,(H,23,25). The number of para-hydroxylation sites is 1. The van der Waals surface area contributed by atoms with Gasteiger partial charge in [0.1, 0.15) is 18.4 Å². The first-order chi connectivity index (χ1) is 12.5. The lowest BCUT2D eigenvalue weighted by molar-refractivity contribution is -0.117. The number of carbonyl (C=O) groups is 1. The molecule has 0 bridgehead atoms. The third-order valence-corrected chi connectivity index (χ3v) is 4.98. The van der Waals surface area contributed by atoms with E-state index in [1.165, 1.54) is 11.1 Å². The van der Waals surface area contributed by atoms with Crippen LogP contribution in [-0.2, 0) is 17.6 Å². The van der Waals surface area contributed by atoms with Crippen molar-refractivity contribution in [3.05, 3.63) is 47.5 Å². The van der Waals surface area contributed by atoms with Crippen LogP contribution in [0.3, 0.4) is 0 Å². The third-order valence-electron chi connectivity index (χ3n) is 4.98. The molecular weight excluding hydrogens is 326 g/mol. The van der Waals surface area contributed by atoms with E-state index in [-0.39, 0.29) is 11.9 Å². The van der Waals surface area contributed by atoms with Gasteiger partial charge in [0.25, 0.3) is 0 Å². The van der Waals surface area contributed by atoms with Crippen LogP contribution in [-0.4, -0.2) is 25.1 Å². The average molecular weight is 353 g/mol. The largest absolute Gasteiger partial charge is 0.489 e. The van der Waals surface area contributed by atoms with E-state index in [1.54, 1.807) is 0 Å². The maximum absolute atomic E-state index is 13.0. The highest BCUT2D eigenvalue weighted by atomic mass is 16.5. The number of nitrogens with zero attached hydrogens (tertiary/aromatic N) is 1. The molecule has 2 aromatic carbocycles. The van der Waals surface area contributed by atoms with Gasteiger partial charge in [0.05, 0.1) is 12.2 Å². The number of aryl methyl sites for hydroxylation is 2. The van der Waals surface area contributed by atoms with Crippen LogP contribution in [0.2, 0.25) is 0 Å². The van der Waals surface area contributed by atoms with Gasteiger partial charge in [-0.05, 0) is 43.0 Å². The summed E-state index contributed by atoms with van der Waals surface area (Å²) in [7, 11) is 0. The minimum absolute atomic E-state index is 0.00900. The van der Waals surface area contributed by atoms with Gasteiger partial charge in [0, 0.05) is 17.4 Å². The van der Waals surface area contributed by atoms with Gasteiger partial charge in [-0.2, -0.15) is 0 Å². The Kier molecular flexibility index (Phi) is 5.35. The lowest BCUT2D eigenvalue weighted by atomic mass is 10.0. The number of amides is 1. The number of nitrogens with two attached hydrogens (primary N) is 1. The lowest BCUT2D eigenvalue weighted by Gasteiger charge is -2.35. The molecule has 0 aliphatic carbocycles. The summed E-state index contributed by atoms with van der Waals surface area (Å²) in [6.45, 7) is 7.36. The van der Waals surface area contributed by atoms with E-state index in [9.17, 15) is 4.79 Å². The first-order valence-electron chi connectivity index (χ1n) is 9.25. The van der Waals surface area contributed by atoms with Crippen LogP contribution in [0.1, 0.15) is 31.9 Å². The number of nitrogen functional groups attached to an aromatic ring is 1. The number of carbonyl (C=O) groups excluding carboxylic acids is 1. The van der Waals surface area contributed by atoms with E-state index in [4.69, 9.17) is 10.5 Å². The zero-order valence-electron chi connectivity index (χ0n) is 15.7. The summed E-state index contributed by atoms with van der Waals surface area (Å²) in [5, 5.41) is 3.17. The Labute approximate surface area is 155 Å². The van der Waals surface area contributed by atoms with Crippen molar-refractivity contribution in [2.24, 2.45) is 0 Å². The van der Waals surface area contributed by atoms with E-state index in [0.717, 1.165) is 30.0 Å². The first kappa shape index (κ1) is 18.1. The van der Waals surface area contributed by atoms with Gasteiger partial charge in [0.2, 0.25) is 5.91 Å². The van der Waals surface area contributed by atoms with E-state index in [2.05, 4.69) is 42.3 Å². The molecule has 26 heavy (non-hydrogen) atoms. The minimum Gasteiger partial charge on any atom is -0.489 e. The Morgan fingerprint density at radius 1 is 1.23 bits per heavy atom. The molecule has 0 aromatic heterocycles. The maximum Gasteiger partial charge on any atom is 0.246 e. The fourth-order valence-corrected chi connectivity index (χ4v) is 3.43. The minimum atomic E-state index is -0.309. The zero-order valence-corrected chi connectivity index (χ0v) is 15.7. The number of hydrogen-bond acceptors (Lipinski definition) is 4. The molecule has 0 fully saturated rings. The number of ether oxygens (including phenoxy) is 1. The fourth-order valence-electron chi connectivity index (χ4n) is 3.43. The quantitative estimate of drug-likeness (QED) is 0.806. The fraction of sp³-hybridized carbons (Fsp3) is 0.381. The van der Waals surface area contributed by atoms with E-state index >= 15 is 0 Å². The highest BCUT2D eigenvalue weighted by Crippen LogP contribution is 2.34. The Hall–Kier alpha value is -2.69. The molecule has 1 aliphatic rings. The Bertz CT molecular complexity index is 782. The molecule has 1 unspecified atom stereocenters. The van der Waals surface area contributed by atoms with Crippen LogP contribution >= 0.6 is 0 Å². The van der Waals surface area contributed by atoms with Crippen molar-refractivity contribution in [3.63, 3.8) is 0 Å². The molecule has 0 spiro atoms. The van der Waals surface area contributed by atoms with Gasteiger partial charge >= 0.3 is 0 Å². The topological polar surface area (TPSA) is 67.6 Å². The summed E-state index contributed by atoms with van der Waals surface area (Å²) in [6.07, 6.45) is 1.77. The summed E-state index contributed by atoms with van der Waals surface area (Å²) in [4.78, 5) is 15.1. The van der Waals surface area contributed by atoms with Crippen molar-refractivity contribution in [1.82, 2.24) is 0 Å². The maximum atomic E-state index is 13.0. The van der Waals surface area contributed by atoms with Crippen molar-refractivity contribution in [3.8, 4) is 5.75 Å². The van der Waals surface area contributed by atoms with Crippen molar-refractivity contribution in [2.45, 2.75) is 39.7 Å². The number of fused-ring (bicyclic) bond motifs is 1. The van der Waals surface area contributed by atoms with E-state index < -0.39 is 0 Å². The molecule has 1 aliphatic heterocycles. The number of benzene rings is 2. The van der Waals surface area contributed by atoms with E-state index in [1.807, 2.05) is 25.1 Å². The highest BCUT2D eigenvalue weighted by molar-refractivity contribution is 5.98.